The average molecular weight is 316 g/mol. The number of rotatable bonds is 5. The van der Waals surface area contributed by atoms with Crippen molar-refractivity contribution in [2.45, 2.75) is 6.04 Å². The Morgan fingerprint density at radius 2 is 1.77 bits per heavy atom. The number of benzene rings is 1. The minimum absolute atomic E-state index is 0.0438. The third-order valence-electron chi connectivity index (χ3n) is 3.34. The molecule has 1 saturated heterocycles. The van der Waals surface area contributed by atoms with E-state index >= 15 is 0 Å². The van der Waals surface area contributed by atoms with Crippen LogP contribution in [-0.2, 0) is 10.0 Å². The summed E-state index contributed by atoms with van der Waals surface area (Å²) >= 11 is 0. The highest BCUT2D eigenvalue weighted by Crippen LogP contribution is 2.18. The largest absolute Gasteiger partial charge is 0.349 e. The Bertz CT molecular complexity index is 742. The maximum Gasteiger partial charge on any atom is 0.236 e. The minimum atomic E-state index is -3.37. The molecule has 1 aromatic heterocycles. The summed E-state index contributed by atoms with van der Waals surface area (Å²) in [6.07, 6.45) is 4.90. The average Bonchev–Trinajstić information content (AvgIpc) is 2.50. The Morgan fingerprint density at radius 1 is 1.09 bits per heavy atom. The predicted molar refractivity (Wildman–Crippen MR) is 85.4 cm³/mol. The van der Waals surface area contributed by atoms with Crippen LogP contribution < -0.4 is 5.32 Å². The molecule has 0 unspecified atom stereocenters. The van der Waals surface area contributed by atoms with Crippen molar-refractivity contribution < 1.29 is 8.42 Å². The van der Waals surface area contributed by atoms with Crippen molar-refractivity contribution in [3.8, 4) is 0 Å². The molecule has 0 spiro atoms. The lowest BCUT2D eigenvalue weighted by molar-refractivity contribution is 0.283. The highest BCUT2D eigenvalue weighted by molar-refractivity contribution is 7.92. The van der Waals surface area contributed by atoms with E-state index in [-0.39, 0.29) is 6.04 Å². The van der Waals surface area contributed by atoms with Crippen molar-refractivity contribution in [3.05, 3.63) is 59.8 Å². The molecule has 1 fully saturated rings. The molecule has 0 atom stereocenters. The molecule has 0 radical (unpaired) electrons. The van der Waals surface area contributed by atoms with Crippen molar-refractivity contribution in [1.82, 2.24) is 14.3 Å². The van der Waals surface area contributed by atoms with Crippen LogP contribution in [0.3, 0.4) is 0 Å². The van der Waals surface area contributed by atoms with Crippen LogP contribution >= 0.6 is 0 Å². The number of sulfonamides is 1. The molecule has 0 saturated carbocycles. The number of hydrogen-bond donors (Lipinski definition) is 1. The van der Waals surface area contributed by atoms with Gasteiger partial charge in [0.25, 0.3) is 0 Å². The van der Waals surface area contributed by atoms with E-state index in [1.165, 1.54) is 9.71 Å². The van der Waals surface area contributed by atoms with Crippen molar-refractivity contribution in [2.75, 3.05) is 18.4 Å². The fraction of sp³-hybridized carbons (Fsp3) is 0.200. The van der Waals surface area contributed by atoms with Gasteiger partial charge in [-0.2, -0.15) is 4.31 Å². The van der Waals surface area contributed by atoms with Crippen molar-refractivity contribution in [1.29, 1.82) is 0 Å². The summed E-state index contributed by atoms with van der Waals surface area (Å²) in [6, 6.07) is 11.1. The molecule has 1 N–H and O–H groups in total. The molecule has 22 heavy (non-hydrogen) atoms. The van der Waals surface area contributed by atoms with Crippen LogP contribution in [0, 0.1) is 0 Å². The number of hydrogen-bond acceptors (Lipinski definition) is 5. The monoisotopic (exact) mass is 316 g/mol. The SMILES string of the molecule is O=S(=O)(C=Cc1ccccc1)N1CC(Nc2ncccn2)C1. The molecule has 0 bridgehead atoms. The zero-order valence-corrected chi connectivity index (χ0v) is 12.6. The second kappa shape index (κ2) is 6.25. The third kappa shape index (κ3) is 3.49. The second-order valence-electron chi connectivity index (χ2n) is 4.99. The highest BCUT2D eigenvalue weighted by atomic mass is 32.2. The van der Waals surface area contributed by atoms with E-state index in [1.807, 2.05) is 30.3 Å². The number of nitrogens with one attached hydrogen (secondary N) is 1. The first-order valence-corrected chi connectivity index (χ1v) is 8.41. The van der Waals surface area contributed by atoms with Crippen LogP contribution in [0.15, 0.2) is 54.2 Å². The Hall–Kier alpha value is -2.25. The molecule has 6 nitrogen and oxygen atoms in total. The van der Waals surface area contributed by atoms with E-state index in [9.17, 15) is 8.42 Å². The molecule has 2 heterocycles. The van der Waals surface area contributed by atoms with Gasteiger partial charge in [-0.3, -0.25) is 0 Å². The van der Waals surface area contributed by atoms with Gasteiger partial charge in [0.15, 0.2) is 0 Å². The second-order valence-corrected chi connectivity index (χ2v) is 6.81. The number of aromatic nitrogens is 2. The van der Waals surface area contributed by atoms with Gasteiger partial charge >= 0.3 is 0 Å². The van der Waals surface area contributed by atoms with Crippen LogP contribution in [0.25, 0.3) is 6.08 Å². The maximum absolute atomic E-state index is 12.2. The molecule has 114 valence electrons. The van der Waals surface area contributed by atoms with Crippen LogP contribution in [0.2, 0.25) is 0 Å². The lowest BCUT2D eigenvalue weighted by atomic mass is 10.2. The number of nitrogens with zero attached hydrogens (tertiary/aromatic N) is 3. The molecule has 3 rings (SSSR count). The molecule has 1 aromatic carbocycles. The summed E-state index contributed by atoms with van der Waals surface area (Å²) in [5, 5.41) is 4.35. The van der Waals surface area contributed by atoms with E-state index in [4.69, 9.17) is 0 Å². The van der Waals surface area contributed by atoms with Gasteiger partial charge in [0.05, 0.1) is 6.04 Å². The van der Waals surface area contributed by atoms with Gasteiger partial charge in [-0.15, -0.1) is 0 Å². The third-order valence-corrected chi connectivity index (χ3v) is 4.84. The molecule has 0 aliphatic carbocycles. The van der Waals surface area contributed by atoms with E-state index in [0.29, 0.717) is 19.0 Å². The van der Waals surface area contributed by atoms with Crippen LogP contribution in [0.4, 0.5) is 5.95 Å². The fourth-order valence-electron chi connectivity index (χ4n) is 2.11. The lowest BCUT2D eigenvalue weighted by Crippen LogP contribution is -2.56. The molecule has 2 aromatic rings. The van der Waals surface area contributed by atoms with Gasteiger partial charge < -0.3 is 5.32 Å². The first-order valence-electron chi connectivity index (χ1n) is 6.90. The summed E-state index contributed by atoms with van der Waals surface area (Å²) in [5.41, 5.74) is 0.860. The predicted octanol–water partition coefficient (Wildman–Crippen LogP) is 1.57. The van der Waals surface area contributed by atoms with Crippen LogP contribution in [0.5, 0.6) is 0 Å². The quantitative estimate of drug-likeness (QED) is 0.906. The molecular weight excluding hydrogens is 300 g/mol. The highest BCUT2D eigenvalue weighted by Gasteiger charge is 2.34. The van der Waals surface area contributed by atoms with Gasteiger partial charge in [-0.05, 0) is 17.7 Å². The van der Waals surface area contributed by atoms with Crippen molar-refractivity contribution in [2.24, 2.45) is 0 Å². The normalized spacial score (nSPS) is 16.5. The Morgan fingerprint density at radius 3 is 2.45 bits per heavy atom. The number of anilines is 1. The zero-order valence-electron chi connectivity index (χ0n) is 11.8. The standard InChI is InChI=1S/C15H16N4O2S/c20-22(21,10-7-13-5-2-1-3-6-13)19-11-14(12-19)18-15-16-8-4-9-17-15/h1-10,14H,11-12H2,(H,16,17,18). The van der Waals surface area contributed by atoms with Crippen molar-refractivity contribution in [3.63, 3.8) is 0 Å². The van der Waals surface area contributed by atoms with Crippen molar-refractivity contribution >= 4 is 22.0 Å². The van der Waals surface area contributed by atoms with E-state index < -0.39 is 10.0 Å². The summed E-state index contributed by atoms with van der Waals surface area (Å²) in [5.74, 6) is 0.518. The Kier molecular flexibility index (Phi) is 4.17. The van der Waals surface area contributed by atoms with Gasteiger partial charge in [-0.25, -0.2) is 18.4 Å². The molecular formula is C15H16N4O2S. The van der Waals surface area contributed by atoms with Gasteiger partial charge in [0, 0.05) is 30.9 Å². The Labute approximate surface area is 129 Å². The van der Waals surface area contributed by atoms with E-state index in [1.54, 1.807) is 24.5 Å². The van der Waals surface area contributed by atoms with E-state index in [2.05, 4.69) is 15.3 Å². The summed E-state index contributed by atoms with van der Waals surface area (Å²) in [4.78, 5) is 8.12. The summed E-state index contributed by atoms with van der Waals surface area (Å²) < 4.78 is 25.8. The Balaban J connectivity index is 1.56. The fourth-order valence-corrected chi connectivity index (χ4v) is 3.38. The molecule has 7 heteroatoms. The zero-order chi connectivity index (χ0) is 15.4. The molecule has 1 aliphatic rings. The van der Waals surface area contributed by atoms with Gasteiger partial charge in [0.2, 0.25) is 16.0 Å². The first-order chi connectivity index (χ1) is 10.6. The van der Waals surface area contributed by atoms with Gasteiger partial charge in [0.1, 0.15) is 0 Å². The summed E-state index contributed by atoms with van der Waals surface area (Å²) in [6.45, 7) is 0.833. The smallest absolute Gasteiger partial charge is 0.236 e. The van der Waals surface area contributed by atoms with Crippen LogP contribution in [-0.4, -0.2) is 41.8 Å². The topological polar surface area (TPSA) is 75.2 Å². The molecule has 0 amide bonds. The minimum Gasteiger partial charge on any atom is -0.349 e. The maximum atomic E-state index is 12.2. The van der Waals surface area contributed by atoms with E-state index in [0.717, 1.165) is 5.56 Å². The molecule has 1 aliphatic heterocycles. The first kappa shape index (κ1) is 14.7. The van der Waals surface area contributed by atoms with Crippen LogP contribution in [0.1, 0.15) is 5.56 Å². The summed E-state index contributed by atoms with van der Waals surface area (Å²) in [7, 11) is -3.37. The lowest BCUT2D eigenvalue weighted by Gasteiger charge is -2.37. The van der Waals surface area contributed by atoms with Gasteiger partial charge in [-0.1, -0.05) is 30.3 Å².